The molecule has 4 heteroatoms. The Kier molecular flexibility index (Phi) is 4.28. The molecule has 3 aromatic rings. The lowest BCUT2D eigenvalue weighted by molar-refractivity contribution is 0.101. The number of benzene rings is 2. The van der Waals surface area contributed by atoms with Crippen molar-refractivity contribution in [1.82, 2.24) is 9.78 Å². The molecule has 1 aliphatic rings. The fourth-order valence-corrected chi connectivity index (χ4v) is 3.38. The predicted octanol–water partition coefficient (Wildman–Crippen LogP) is 3.56. The van der Waals surface area contributed by atoms with Gasteiger partial charge in [-0.15, -0.1) is 0 Å². The minimum atomic E-state index is -0.137. The smallest absolute Gasteiger partial charge is 0.273 e. The number of hydrogen-bond acceptors (Lipinski definition) is 2. The number of rotatable bonds is 2. The SMILES string of the molecule is Cn1nccc1C(=O)Nc1ccc(C#Cc2ccccc2)c2c1CCC2. The molecule has 4 nitrogen and oxygen atoms in total. The van der Waals surface area contributed by atoms with Crippen LogP contribution in [0.3, 0.4) is 0 Å². The maximum atomic E-state index is 12.5. The van der Waals surface area contributed by atoms with Gasteiger partial charge in [-0.1, -0.05) is 30.0 Å². The monoisotopic (exact) mass is 341 g/mol. The van der Waals surface area contributed by atoms with Crippen LogP contribution in [0.15, 0.2) is 54.7 Å². The van der Waals surface area contributed by atoms with Crippen LogP contribution >= 0.6 is 0 Å². The minimum absolute atomic E-state index is 0.137. The lowest BCUT2D eigenvalue weighted by Crippen LogP contribution is -2.17. The molecular weight excluding hydrogens is 322 g/mol. The van der Waals surface area contributed by atoms with Crippen molar-refractivity contribution >= 4 is 11.6 Å². The predicted molar refractivity (Wildman–Crippen MR) is 102 cm³/mol. The first kappa shape index (κ1) is 16.2. The van der Waals surface area contributed by atoms with E-state index in [0.717, 1.165) is 36.1 Å². The normalized spacial score (nSPS) is 12.2. The number of aromatic nitrogens is 2. The fraction of sp³-hybridized carbons (Fsp3) is 0.182. The van der Waals surface area contributed by atoms with E-state index in [4.69, 9.17) is 0 Å². The molecule has 0 radical (unpaired) electrons. The molecular formula is C22H19N3O. The molecule has 1 amide bonds. The zero-order valence-electron chi connectivity index (χ0n) is 14.6. The third kappa shape index (κ3) is 3.12. The molecule has 0 atom stereocenters. The second-order valence-electron chi connectivity index (χ2n) is 6.38. The Hall–Kier alpha value is -3.32. The summed E-state index contributed by atoms with van der Waals surface area (Å²) >= 11 is 0. The van der Waals surface area contributed by atoms with Gasteiger partial charge in [0.25, 0.3) is 5.91 Å². The molecule has 0 aliphatic heterocycles. The number of hydrogen-bond donors (Lipinski definition) is 1. The van der Waals surface area contributed by atoms with Crippen LogP contribution in [-0.2, 0) is 19.9 Å². The van der Waals surface area contributed by atoms with Crippen LogP contribution in [0.2, 0.25) is 0 Å². The van der Waals surface area contributed by atoms with Crippen LogP contribution < -0.4 is 5.32 Å². The van der Waals surface area contributed by atoms with Gasteiger partial charge >= 0.3 is 0 Å². The van der Waals surface area contributed by atoms with Gasteiger partial charge in [-0.2, -0.15) is 5.10 Å². The van der Waals surface area contributed by atoms with Crippen molar-refractivity contribution in [2.75, 3.05) is 5.32 Å². The quantitative estimate of drug-likeness (QED) is 0.725. The summed E-state index contributed by atoms with van der Waals surface area (Å²) in [5.74, 6) is 6.40. The summed E-state index contributed by atoms with van der Waals surface area (Å²) in [6.07, 6.45) is 4.69. The lowest BCUT2D eigenvalue weighted by atomic mass is 10.0. The van der Waals surface area contributed by atoms with E-state index in [9.17, 15) is 4.79 Å². The van der Waals surface area contributed by atoms with Gasteiger partial charge in [0.05, 0.1) is 0 Å². The third-order valence-electron chi connectivity index (χ3n) is 4.70. The fourth-order valence-electron chi connectivity index (χ4n) is 3.38. The van der Waals surface area contributed by atoms with Crippen molar-refractivity contribution in [3.8, 4) is 11.8 Å². The van der Waals surface area contributed by atoms with E-state index in [0.29, 0.717) is 5.69 Å². The number of fused-ring (bicyclic) bond motifs is 1. The van der Waals surface area contributed by atoms with E-state index in [-0.39, 0.29) is 5.91 Å². The first-order valence-electron chi connectivity index (χ1n) is 8.73. The van der Waals surface area contributed by atoms with Crippen LogP contribution in [-0.4, -0.2) is 15.7 Å². The van der Waals surface area contributed by atoms with Gasteiger partial charge < -0.3 is 5.32 Å². The maximum Gasteiger partial charge on any atom is 0.273 e. The third-order valence-corrected chi connectivity index (χ3v) is 4.70. The topological polar surface area (TPSA) is 46.9 Å². The van der Waals surface area contributed by atoms with Crippen LogP contribution in [0.5, 0.6) is 0 Å². The first-order chi connectivity index (χ1) is 12.7. The van der Waals surface area contributed by atoms with Gasteiger partial charge in [0, 0.05) is 30.1 Å². The molecule has 4 rings (SSSR count). The Morgan fingerprint density at radius 3 is 2.62 bits per heavy atom. The van der Waals surface area contributed by atoms with E-state index in [1.54, 1.807) is 24.0 Å². The number of nitrogens with one attached hydrogen (secondary N) is 1. The van der Waals surface area contributed by atoms with Gasteiger partial charge in [-0.3, -0.25) is 9.48 Å². The maximum absolute atomic E-state index is 12.5. The highest BCUT2D eigenvalue weighted by molar-refractivity contribution is 6.03. The number of aryl methyl sites for hydroxylation is 1. The number of amides is 1. The van der Waals surface area contributed by atoms with E-state index >= 15 is 0 Å². The molecule has 0 unspecified atom stereocenters. The van der Waals surface area contributed by atoms with Gasteiger partial charge in [-0.25, -0.2) is 0 Å². The zero-order valence-corrected chi connectivity index (χ0v) is 14.6. The standard InChI is InChI=1S/C22H19N3O/c1-25-21(14-15-23-25)22(26)24-20-13-12-17(18-8-5-9-19(18)20)11-10-16-6-3-2-4-7-16/h2-4,6-7,12-15H,5,8-9H2,1H3,(H,24,26). The number of carbonyl (C=O) groups excluding carboxylic acids is 1. The molecule has 1 aliphatic carbocycles. The Morgan fingerprint density at radius 2 is 1.85 bits per heavy atom. The molecule has 1 heterocycles. The van der Waals surface area contributed by atoms with Crippen LogP contribution in [0.25, 0.3) is 0 Å². The van der Waals surface area contributed by atoms with E-state index in [1.807, 2.05) is 42.5 Å². The van der Waals surface area contributed by atoms with E-state index in [1.165, 1.54) is 11.1 Å². The summed E-state index contributed by atoms with van der Waals surface area (Å²) in [5.41, 5.74) is 5.96. The zero-order chi connectivity index (χ0) is 17.9. The van der Waals surface area contributed by atoms with E-state index in [2.05, 4.69) is 22.3 Å². The Balaban J connectivity index is 1.63. The van der Waals surface area contributed by atoms with Gasteiger partial charge in [0.15, 0.2) is 0 Å². The highest BCUT2D eigenvalue weighted by Gasteiger charge is 2.20. The molecule has 1 aromatic heterocycles. The second-order valence-corrected chi connectivity index (χ2v) is 6.38. The van der Waals surface area contributed by atoms with Crippen molar-refractivity contribution in [2.24, 2.45) is 7.05 Å². The van der Waals surface area contributed by atoms with Crippen molar-refractivity contribution in [3.63, 3.8) is 0 Å². The molecule has 26 heavy (non-hydrogen) atoms. The van der Waals surface area contributed by atoms with Gasteiger partial charge in [0.2, 0.25) is 0 Å². The number of nitrogens with zero attached hydrogens (tertiary/aromatic N) is 2. The number of carbonyl (C=O) groups is 1. The molecule has 128 valence electrons. The summed E-state index contributed by atoms with van der Waals surface area (Å²) in [6, 6.07) is 15.7. The molecule has 0 bridgehead atoms. The van der Waals surface area contributed by atoms with Gasteiger partial charge in [0.1, 0.15) is 5.69 Å². The average molecular weight is 341 g/mol. The summed E-state index contributed by atoms with van der Waals surface area (Å²) in [4.78, 5) is 12.5. The highest BCUT2D eigenvalue weighted by Crippen LogP contribution is 2.32. The highest BCUT2D eigenvalue weighted by atomic mass is 16.2. The molecule has 2 aromatic carbocycles. The summed E-state index contributed by atoms with van der Waals surface area (Å²) in [5, 5.41) is 7.10. The van der Waals surface area contributed by atoms with E-state index < -0.39 is 0 Å². The van der Waals surface area contributed by atoms with Gasteiger partial charge in [-0.05, 0) is 60.7 Å². The number of anilines is 1. The average Bonchev–Trinajstić information content (AvgIpc) is 3.31. The molecule has 0 saturated carbocycles. The van der Waals surface area contributed by atoms with Crippen LogP contribution in [0, 0.1) is 11.8 Å². The van der Waals surface area contributed by atoms with Crippen LogP contribution in [0.4, 0.5) is 5.69 Å². The first-order valence-corrected chi connectivity index (χ1v) is 8.73. The largest absolute Gasteiger partial charge is 0.320 e. The molecule has 0 spiro atoms. The summed E-state index contributed by atoms with van der Waals surface area (Å²) in [7, 11) is 1.77. The molecule has 0 saturated heterocycles. The molecule has 0 fully saturated rings. The Bertz CT molecular complexity index is 1020. The summed E-state index contributed by atoms with van der Waals surface area (Å²) in [6.45, 7) is 0. The molecule has 1 N–H and O–H groups in total. The Labute approximate surface area is 152 Å². The van der Waals surface area contributed by atoms with Crippen LogP contribution in [0.1, 0.15) is 39.2 Å². The minimum Gasteiger partial charge on any atom is -0.320 e. The Morgan fingerprint density at radius 1 is 1.04 bits per heavy atom. The van der Waals surface area contributed by atoms with Crippen molar-refractivity contribution in [2.45, 2.75) is 19.3 Å². The van der Waals surface area contributed by atoms with Crippen molar-refractivity contribution in [3.05, 3.63) is 82.7 Å². The second kappa shape index (κ2) is 6.89. The lowest BCUT2D eigenvalue weighted by Gasteiger charge is -2.12. The van der Waals surface area contributed by atoms with Crippen molar-refractivity contribution in [1.29, 1.82) is 0 Å². The van der Waals surface area contributed by atoms with Crippen molar-refractivity contribution < 1.29 is 4.79 Å². The summed E-state index contributed by atoms with van der Waals surface area (Å²) < 4.78 is 1.58.